The molecule has 0 bridgehead atoms. The number of esters is 2. The number of methoxy groups -OCH3 is 1. The smallest absolute Gasteiger partial charge is 0.497 e. The Labute approximate surface area is 233 Å². The second-order valence-electron chi connectivity index (χ2n) is 8.43. The van der Waals surface area contributed by atoms with Crippen LogP contribution in [0.2, 0.25) is 0 Å². The maximum Gasteiger partial charge on any atom is 0.523 e. The highest BCUT2D eigenvalue weighted by Crippen LogP contribution is 2.40. The first kappa shape index (κ1) is 31.7. The van der Waals surface area contributed by atoms with Gasteiger partial charge in [0.1, 0.15) is 36.1 Å². The molecule has 3 rings (SSSR count). The fraction of sp³-hybridized carbons (Fsp3) is 0.440. The van der Waals surface area contributed by atoms with Gasteiger partial charge in [-0.15, -0.1) is 0 Å². The van der Waals surface area contributed by atoms with Gasteiger partial charge in [-0.1, -0.05) is 42.1 Å². The van der Waals surface area contributed by atoms with E-state index in [-0.39, 0.29) is 6.61 Å². The number of carbonyl (C=O) groups is 2. The van der Waals surface area contributed by atoms with Gasteiger partial charge in [-0.05, 0) is 29.8 Å². The predicted molar refractivity (Wildman–Crippen MR) is 135 cm³/mol. The highest BCUT2D eigenvalue weighted by atomic mass is 32.2. The maximum atomic E-state index is 13.4. The van der Waals surface area contributed by atoms with E-state index >= 15 is 0 Å². The first-order chi connectivity index (χ1) is 18.8. The largest absolute Gasteiger partial charge is 0.523 e. The van der Waals surface area contributed by atoms with E-state index in [0.717, 1.165) is 25.6 Å². The molecule has 0 aliphatic carbocycles. The number of hydrogen-bond donors (Lipinski definition) is 0. The third-order valence-corrected chi connectivity index (χ3v) is 7.66. The second-order valence-corrected chi connectivity index (χ2v) is 11.2. The van der Waals surface area contributed by atoms with Crippen molar-refractivity contribution in [1.29, 1.82) is 0 Å². The molecule has 40 heavy (non-hydrogen) atoms. The van der Waals surface area contributed by atoms with E-state index < -0.39 is 64.0 Å². The molecule has 220 valence electrons. The molecule has 1 saturated heterocycles. The molecule has 0 aromatic heterocycles. The molecule has 1 aliphatic heterocycles. The summed E-state index contributed by atoms with van der Waals surface area (Å²) in [7, 11) is -4.69. The number of ether oxygens (including phenoxy) is 5. The molecular formula is C25H27F3O10S2. The van der Waals surface area contributed by atoms with Gasteiger partial charge in [-0.25, -0.2) is 0 Å². The molecule has 15 heteroatoms. The number of benzene rings is 2. The molecule has 0 radical (unpaired) electrons. The van der Waals surface area contributed by atoms with Gasteiger partial charge in [-0.3, -0.25) is 13.8 Å². The zero-order valence-corrected chi connectivity index (χ0v) is 23.2. The van der Waals surface area contributed by atoms with E-state index in [1.165, 1.54) is 7.11 Å². The van der Waals surface area contributed by atoms with Crippen molar-refractivity contribution in [3.05, 3.63) is 60.2 Å². The van der Waals surface area contributed by atoms with Crippen LogP contribution in [0, 0.1) is 0 Å². The molecule has 1 fully saturated rings. The highest BCUT2D eigenvalue weighted by molar-refractivity contribution is 7.99. The fourth-order valence-corrected chi connectivity index (χ4v) is 5.49. The van der Waals surface area contributed by atoms with Crippen LogP contribution in [0.25, 0.3) is 0 Å². The number of rotatable bonds is 11. The molecule has 0 unspecified atom stereocenters. The monoisotopic (exact) mass is 608 g/mol. The fourth-order valence-electron chi connectivity index (χ4n) is 3.68. The lowest BCUT2D eigenvalue weighted by Crippen LogP contribution is -2.61. The average molecular weight is 609 g/mol. The van der Waals surface area contributed by atoms with Gasteiger partial charge in [0.05, 0.1) is 13.7 Å². The van der Waals surface area contributed by atoms with E-state index in [1.54, 1.807) is 54.6 Å². The molecule has 0 N–H and O–H groups in total. The summed E-state index contributed by atoms with van der Waals surface area (Å²) in [6.45, 7) is 1.44. The van der Waals surface area contributed by atoms with E-state index in [9.17, 15) is 31.2 Å². The van der Waals surface area contributed by atoms with Crippen LogP contribution < -0.4 is 4.74 Å². The summed E-state index contributed by atoms with van der Waals surface area (Å²) >= 11 is 0.857. The highest BCUT2D eigenvalue weighted by Gasteiger charge is 2.56. The Balaban J connectivity index is 2.05. The predicted octanol–water partition coefficient (Wildman–Crippen LogP) is 3.83. The number of halogens is 3. The zero-order chi connectivity index (χ0) is 29.5. The van der Waals surface area contributed by atoms with Gasteiger partial charge in [0.15, 0.2) is 6.10 Å². The lowest BCUT2D eigenvalue weighted by Gasteiger charge is -2.44. The van der Waals surface area contributed by atoms with Crippen LogP contribution in [0.3, 0.4) is 0 Å². The van der Waals surface area contributed by atoms with Gasteiger partial charge >= 0.3 is 27.6 Å². The van der Waals surface area contributed by atoms with Gasteiger partial charge < -0.3 is 23.7 Å². The van der Waals surface area contributed by atoms with E-state index in [1.807, 2.05) is 0 Å². The number of thioether (sulfide) groups is 1. The Morgan fingerprint density at radius 1 is 0.950 bits per heavy atom. The summed E-state index contributed by atoms with van der Waals surface area (Å²) in [6, 6.07) is 14.7. The summed E-state index contributed by atoms with van der Waals surface area (Å²) < 4.78 is 96.7. The molecule has 10 nitrogen and oxygen atoms in total. The van der Waals surface area contributed by atoms with Crippen LogP contribution in [0.5, 0.6) is 5.75 Å². The minimum Gasteiger partial charge on any atom is -0.497 e. The van der Waals surface area contributed by atoms with Crippen molar-refractivity contribution in [3.63, 3.8) is 0 Å². The Morgan fingerprint density at radius 3 is 2.15 bits per heavy atom. The van der Waals surface area contributed by atoms with Crippen LogP contribution in [-0.4, -0.2) is 69.4 Å². The third kappa shape index (κ3) is 8.57. The van der Waals surface area contributed by atoms with Gasteiger partial charge in [0.2, 0.25) is 0 Å². The van der Waals surface area contributed by atoms with E-state index in [4.69, 9.17) is 27.9 Å². The van der Waals surface area contributed by atoms with Crippen molar-refractivity contribution < 1.29 is 59.0 Å². The lowest BCUT2D eigenvalue weighted by atomic mass is 9.99. The van der Waals surface area contributed by atoms with Crippen molar-refractivity contribution in [2.24, 2.45) is 0 Å². The van der Waals surface area contributed by atoms with Crippen LogP contribution in [-0.2, 0) is 49.4 Å². The molecule has 2 aromatic carbocycles. The minimum absolute atomic E-state index is 0.249. The number of alkyl halides is 3. The summed E-state index contributed by atoms with van der Waals surface area (Å²) in [5.74, 6) is -1.04. The Morgan fingerprint density at radius 2 is 1.60 bits per heavy atom. The second kappa shape index (κ2) is 13.7. The van der Waals surface area contributed by atoms with Crippen molar-refractivity contribution in [2.45, 2.75) is 60.7 Å². The quantitative estimate of drug-likeness (QED) is 0.210. The number of carbonyl (C=O) groups excluding carboxylic acids is 2. The van der Waals surface area contributed by atoms with Crippen molar-refractivity contribution in [1.82, 2.24) is 0 Å². The van der Waals surface area contributed by atoms with Crippen LogP contribution >= 0.6 is 11.8 Å². The molecule has 2 aromatic rings. The molecule has 0 spiro atoms. The van der Waals surface area contributed by atoms with Gasteiger partial charge in [0, 0.05) is 18.7 Å². The minimum atomic E-state index is -6.16. The summed E-state index contributed by atoms with van der Waals surface area (Å²) in [6.07, 6.45) is -6.33. The van der Waals surface area contributed by atoms with Crippen LogP contribution in [0.1, 0.15) is 19.4 Å². The first-order valence-corrected chi connectivity index (χ1v) is 14.0. The van der Waals surface area contributed by atoms with Crippen molar-refractivity contribution in [3.8, 4) is 5.75 Å². The Hall–Kier alpha value is -2.85. The Kier molecular flexibility index (Phi) is 10.8. The van der Waals surface area contributed by atoms with Crippen molar-refractivity contribution >= 4 is 33.8 Å². The van der Waals surface area contributed by atoms with Gasteiger partial charge in [-0.2, -0.15) is 21.6 Å². The van der Waals surface area contributed by atoms with Gasteiger partial charge in [0.25, 0.3) is 0 Å². The van der Waals surface area contributed by atoms with Crippen LogP contribution in [0.4, 0.5) is 13.2 Å². The maximum absolute atomic E-state index is 13.4. The molecule has 0 saturated carbocycles. The lowest BCUT2D eigenvalue weighted by molar-refractivity contribution is -0.231. The average Bonchev–Trinajstić information content (AvgIpc) is 2.88. The first-order valence-electron chi connectivity index (χ1n) is 11.7. The molecule has 5 atom stereocenters. The summed E-state index contributed by atoms with van der Waals surface area (Å²) in [5.41, 5.74) is -6.66. The topological polar surface area (TPSA) is 124 Å². The normalized spacial score (nSPS) is 23.3. The van der Waals surface area contributed by atoms with Crippen molar-refractivity contribution in [2.75, 3.05) is 13.7 Å². The SMILES string of the molecule is COc1ccc(CO[C@H]2[C@H](OC(C)=O)[C@@H](COC(C)=O)O[C@@H](Sc3ccccc3)[C@H]2OS(=O)(=O)C(F)(F)F)cc1. The number of hydrogen-bond acceptors (Lipinski definition) is 11. The van der Waals surface area contributed by atoms with Crippen LogP contribution in [0.15, 0.2) is 59.5 Å². The molecule has 0 amide bonds. The molecular weight excluding hydrogens is 581 g/mol. The molecule has 1 heterocycles. The summed E-state index contributed by atoms with van der Waals surface area (Å²) in [4.78, 5) is 24.0. The molecule has 1 aliphatic rings. The van der Waals surface area contributed by atoms with E-state index in [2.05, 4.69) is 0 Å². The summed E-state index contributed by atoms with van der Waals surface area (Å²) in [5, 5.41) is 0. The zero-order valence-electron chi connectivity index (χ0n) is 21.5. The third-order valence-electron chi connectivity index (χ3n) is 5.46. The Bertz CT molecular complexity index is 1240. The standard InChI is InChI=1S/C25H27F3O10S2/c1-15(29)34-14-20-21(36-16(2)30)22(35-13-17-9-11-18(33-3)12-10-17)23(38-40(31,32)25(26,27)28)24(37-20)39-19-7-5-4-6-8-19/h4-12,20-24H,13-14H2,1-3H3/t20-,21-,22+,23+,24+/m1/s1. The van der Waals surface area contributed by atoms with E-state index in [0.29, 0.717) is 16.2 Å².